The third-order valence-corrected chi connectivity index (χ3v) is 3.64. The van der Waals surface area contributed by atoms with E-state index in [0.717, 1.165) is 6.42 Å². The molecule has 132 valence electrons. The van der Waals surface area contributed by atoms with Crippen molar-refractivity contribution in [3.05, 3.63) is 29.3 Å². The van der Waals surface area contributed by atoms with Gasteiger partial charge in [0.1, 0.15) is 6.04 Å². The fourth-order valence-corrected chi connectivity index (χ4v) is 1.94. The zero-order chi connectivity index (χ0) is 18.3. The van der Waals surface area contributed by atoms with Crippen LogP contribution in [0, 0.1) is 6.92 Å². The third-order valence-electron chi connectivity index (χ3n) is 3.64. The first-order valence-electron chi connectivity index (χ1n) is 7.85. The van der Waals surface area contributed by atoms with E-state index in [-0.39, 0.29) is 11.9 Å². The molecule has 1 aromatic rings. The Labute approximate surface area is 142 Å². The molecule has 0 aromatic heterocycles. The minimum absolute atomic E-state index is 0.0536. The van der Waals surface area contributed by atoms with Crippen molar-refractivity contribution in [1.29, 1.82) is 0 Å². The number of carbonyl (C=O) groups excluding carboxylic acids is 3. The van der Waals surface area contributed by atoms with Gasteiger partial charge in [0.05, 0.1) is 12.7 Å². The Balaban J connectivity index is 2.65. The van der Waals surface area contributed by atoms with Crippen LogP contribution in [-0.4, -0.2) is 37.1 Å². The number of nitrogens with one attached hydrogen (secondary N) is 3. The van der Waals surface area contributed by atoms with Crippen LogP contribution in [0.5, 0.6) is 0 Å². The lowest BCUT2D eigenvalue weighted by Gasteiger charge is -2.18. The average molecular weight is 335 g/mol. The van der Waals surface area contributed by atoms with Crippen molar-refractivity contribution >= 4 is 23.6 Å². The largest absolute Gasteiger partial charge is 0.465 e. The second-order valence-corrected chi connectivity index (χ2v) is 5.66. The van der Waals surface area contributed by atoms with Crippen LogP contribution >= 0.6 is 0 Å². The number of anilines is 1. The zero-order valence-corrected chi connectivity index (χ0v) is 14.7. The minimum atomic E-state index is -0.659. The minimum Gasteiger partial charge on any atom is -0.465 e. The van der Waals surface area contributed by atoms with Crippen molar-refractivity contribution < 1.29 is 19.1 Å². The summed E-state index contributed by atoms with van der Waals surface area (Å²) in [5.41, 5.74) is 1.67. The van der Waals surface area contributed by atoms with Crippen molar-refractivity contribution in [2.24, 2.45) is 0 Å². The molecule has 0 saturated heterocycles. The van der Waals surface area contributed by atoms with Crippen LogP contribution in [0.15, 0.2) is 18.2 Å². The molecular formula is C17H25N3O4. The number of methoxy groups -OCH3 is 1. The normalized spacial score (nSPS) is 12.7. The van der Waals surface area contributed by atoms with Crippen LogP contribution in [0.1, 0.15) is 43.1 Å². The van der Waals surface area contributed by atoms with Gasteiger partial charge in [0.2, 0.25) is 5.91 Å². The van der Waals surface area contributed by atoms with Gasteiger partial charge in [-0.3, -0.25) is 4.79 Å². The molecule has 1 aromatic carbocycles. The molecule has 0 saturated carbocycles. The van der Waals surface area contributed by atoms with Gasteiger partial charge in [-0.25, -0.2) is 9.59 Å². The topological polar surface area (TPSA) is 96.5 Å². The number of hydrogen-bond donors (Lipinski definition) is 3. The molecule has 0 aliphatic carbocycles. The summed E-state index contributed by atoms with van der Waals surface area (Å²) in [7, 11) is 1.31. The molecule has 0 aliphatic rings. The zero-order valence-electron chi connectivity index (χ0n) is 14.7. The number of carbonyl (C=O) groups is 3. The van der Waals surface area contributed by atoms with Crippen molar-refractivity contribution in [2.45, 2.75) is 46.2 Å². The first-order valence-corrected chi connectivity index (χ1v) is 7.85. The standard InChI is InChI=1S/C17H25N3O4/c1-6-11(3)18-15(21)12(4)19-17(23)20-14-8-7-13(9-10(14)2)16(22)24-5/h7-9,11-12H,6H2,1-5H3,(H,18,21)(H2,19,20,23)/t11-,12-/m0/s1. The van der Waals surface area contributed by atoms with Gasteiger partial charge in [0.25, 0.3) is 0 Å². The summed E-state index contributed by atoms with van der Waals surface area (Å²) < 4.78 is 4.65. The number of esters is 1. The molecule has 0 spiro atoms. The second-order valence-electron chi connectivity index (χ2n) is 5.66. The number of urea groups is 1. The summed E-state index contributed by atoms with van der Waals surface area (Å²) in [6.07, 6.45) is 0.816. The molecule has 0 radical (unpaired) electrons. The van der Waals surface area contributed by atoms with E-state index in [4.69, 9.17) is 0 Å². The van der Waals surface area contributed by atoms with E-state index < -0.39 is 18.0 Å². The van der Waals surface area contributed by atoms with Crippen LogP contribution in [-0.2, 0) is 9.53 Å². The number of amides is 3. The number of rotatable bonds is 6. The molecule has 0 fully saturated rings. The lowest BCUT2D eigenvalue weighted by molar-refractivity contribution is -0.123. The predicted octanol–water partition coefficient (Wildman–Crippen LogP) is 2.21. The van der Waals surface area contributed by atoms with E-state index in [0.29, 0.717) is 16.8 Å². The smallest absolute Gasteiger partial charge is 0.337 e. The highest BCUT2D eigenvalue weighted by atomic mass is 16.5. The number of hydrogen-bond acceptors (Lipinski definition) is 4. The second kappa shape index (κ2) is 8.90. The van der Waals surface area contributed by atoms with Crippen molar-refractivity contribution in [1.82, 2.24) is 10.6 Å². The van der Waals surface area contributed by atoms with E-state index in [2.05, 4.69) is 20.7 Å². The van der Waals surface area contributed by atoms with Crippen molar-refractivity contribution in [3.8, 4) is 0 Å². The molecule has 3 amide bonds. The highest BCUT2D eigenvalue weighted by Gasteiger charge is 2.17. The molecule has 0 heterocycles. The van der Waals surface area contributed by atoms with Gasteiger partial charge in [-0.1, -0.05) is 6.92 Å². The lowest BCUT2D eigenvalue weighted by Crippen LogP contribution is -2.48. The molecule has 24 heavy (non-hydrogen) atoms. The summed E-state index contributed by atoms with van der Waals surface area (Å²) in [5.74, 6) is -0.679. The Bertz CT molecular complexity index is 616. The van der Waals surface area contributed by atoms with E-state index in [9.17, 15) is 14.4 Å². The van der Waals surface area contributed by atoms with E-state index >= 15 is 0 Å². The molecule has 1 rings (SSSR count). The summed E-state index contributed by atoms with van der Waals surface area (Å²) in [6.45, 7) is 7.25. The van der Waals surface area contributed by atoms with Crippen LogP contribution in [0.4, 0.5) is 10.5 Å². The Morgan fingerprint density at radius 2 is 1.83 bits per heavy atom. The monoisotopic (exact) mass is 335 g/mol. The summed E-state index contributed by atoms with van der Waals surface area (Å²) in [4.78, 5) is 35.4. The summed E-state index contributed by atoms with van der Waals surface area (Å²) in [6, 6.07) is 3.71. The maximum absolute atomic E-state index is 12.0. The lowest BCUT2D eigenvalue weighted by atomic mass is 10.1. The van der Waals surface area contributed by atoms with Crippen LogP contribution in [0.2, 0.25) is 0 Å². The third kappa shape index (κ3) is 5.57. The highest BCUT2D eigenvalue weighted by Crippen LogP contribution is 2.17. The van der Waals surface area contributed by atoms with E-state index in [1.54, 1.807) is 32.0 Å². The number of benzene rings is 1. The fraction of sp³-hybridized carbons (Fsp3) is 0.471. The molecular weight excluding hydrogens is 310 g/mol. The first-order chi connectivity index (χ1) is 11.3. The quantitative estimate of drug-likeness (QED) is 0.694. The van der Waals surface area contributed by atoms with Gasteiger partial charge in [-0.05, 0) is 51.0 Å². The number of aryl methyl sites for hydroxylation is 1. The SMILES string of the molecule is CC[C@H](C)NC(=O)[C@H](C)NC(=O)Nc1ccc(C(=O)OC)cc1C. The number of ether oxygens (including phenoxy) is 1. The average Bonchev–Trinajstić information content (AvgIpc) is 2.55. The van der Waals surface area contributed by atoms with E-state index in [1.165, 1.54) is 7.11 Å². The molecule has 7 heteroatoms. The van der Waals surface area contributed by atoms with Crippen molar-refractivity contribution in [2.75, 3.05) is 12.4 Å². The molecule has 3 N–H and O–H groups in total. The molecule has 0 aliphatic heterocycles. The fourth-order valence-electron chi connectivity index (χ4n) is 1.94. The van der Waals surface area contributed by atoms with Crippen LogP contribution in [0.25, 0.3) is 0 Å². The van der Waals surface area contributed by atoms with Gasteiger partial charge >= 0.3 is 12.0 Å². The van der Waals surface area contributed by atoms with Crippen LogP contribution < -0.4 is 16.0 Å². The Morgan fingerprint density at radius 3 is 2.38 bits per heavy atom. The van der Waals surface area contributed by atoms with Gasteiger partial charge in [-0.2, -0.15) is 0 Å². The molecule has 7 nitrogen and oxygen atoms in total. The molecule has 0 bridgehead atoms. The summed E-state index contributed by atoms with van der Waals surface area (Å²) in [5, 5.41) is 8.05. The molecule has 0 unspecified atom stereocenters. The highest BCUT2D eigenvalue weighted by molar-refractivity contribution is 5.95. The first kappa shape index (κ1) is 19.5. The maximum atomic E-state index is 12.0. The van der Waals surface area contributed by atoms with Crippen molar-refractivity contribution in [3.63, 3.8) is 0 Å². The van der Waals surface area contributed by atoms with Gasteiger partial charge in [0, 0.05) is 11.7 Å². The maximum Gasteiger partial charge on any atom is 0.337 e. The Kier molecular flexibility index (Phi) is 7.23. The van der Waals surface area contributed by atoms with Gasteiger partial charge in [-0.15, -0.1) is 0 Å². The van der Waals surface area contributed by atoms with Gasteiger partial charge in [0.15, 0.2) is 0 Å². The Hall–Kier alpha value is -2.57. The molecule has 2 atom stereocenters. The Morgan fingerprint density at radius 1 is 1.17 bits per heavy atom. The van der Waals surface area contributed by atoms with Crippen LogP contribution in [0.3, 0.4) is 0 Å². The predicted molar refractivity (Wildman–Crippen MR) is 92.0 cm³/mol. The summed E-state index contributed by atoms with van der Waals surface area (Å²) >= 11 is 0. The van der Waals surface area contributed by atoms with Gasteiger partial charge < -0.3 is 20.7 Å². The van der Waals surface area contributed by atoms with E-state index in [1.807, 2.05) is 13.8 Å².